The number of primary amides is 1. The summed E-state index contributed by atoms with van der Waals surface area (Å²) in [5.41, 5.74) is 5.58. The minimum atomic E-state index is -0.378. The summed E-state index contributed by atoms with van der Waals surface area (Å²) in [6.07, 6.45) is 0. The van der Waals surface area contributed by atoms with E-state index in [0.717, 1.165) is 3.57 Å². The maximum absolute atomic E-state index is 10.5. The van der Waals surface area contributed by atoms with Gasteiger partial charge in [0.1, 0.15) is 0 Å². The van der Waals surface area contributed by atoms with Gasteiger partial charge in [-0.1, -0.05) is 0 Å². The molecule has 1 rings (SSSR count). The third-order valence-electron chi connectivity index (χ3n) is 1.13. The summed E-state index contributed by atoms with van der Waals surface area (Å²) in [5, 5.41) is 0. The van der Waals surface area contributed by atoms with Crippen LogP contribution in [0.25, 0.3) is 0 Å². The summed E-state index contributed by atoms with van der Waals surface area (Å²) in [6, 6.07) is 7.12. The summed E-state index contributed by atoms with van der Waals surface area (Å²) in [6.45, 7) is 0. The number of carbonyl (C=O) groups is 1. The molecule has 0 aliphatic carbocycles. The van der Waals surface area contributed by atoms with Crippen molar-refractivity contribution in [2.45, 2.75) is 0 Å². The minimum absolute atomic E-state index is 0.378. The first-order chi connectivity index (χ1) is 4.70. The molecule has 2 nitrogen and oxygen atoms in total. The van der Waals surface area contributed by atoms with Crippen LogP contribution in [-0.4, -0.2) is 5.91 Å². The van der Waals surface area contributed by atoms with Crippen LogP contribution in [0.2, 0.25) is 0 Å². The topological polar surface area (TPSA) is 43.1 Å². The van der Waals surface area contributed by atoms with E-state index in [9.17, 15) is 4.79 Å². The van der Waals surface area contributed by atoms with Gasteiger partial charge in [0, 0.05) is 9.13 Å². The molecule has 0 aromatic heterocycles. The lowest BCUT2D eigenvalue weighted by Crippen LogP contribution is -2.10. The lowest BCUT2D eigenvalue weighted by molar-refractivity contribution is 0.100. The maximum Gasteiger partial charge on any atom is 0.248 e. The van der Waals surface area contributed by atoms with Gasteiger partial charge in [-0.3, -0.25) is 4.79 Å². The number of amides is 1. The Morgan fingerprint density at radius 3 is 2.20 bits per heavy atom. The fourth-order valence-electron chi connectivity index (χ4n) is 0.614. The Kier molecular flexibility index (Phi) is 2.26. The molecule has 0 saturated carbocycles. The van der Waals surface area contributed by atoms with Gasteiger partial charge in [0.05, 0.1) is 0 Å². The van der Waals surface area contributed by atoms with E-state index in [1.807, 2.05) is 12.1 Å². The first kappa shape index (κ1) is 7.53. The second-order valence-electron chi connectivity index (χ2n) is 1.87. The first-order valence-corrected chi connectivity index (χ1v) is 3.83. The van der Waals surface area contributed by atoms with E-state index >= 15 is 0 Å². The Hall–Kier alpha value is -0.580. The van der Waals surface area contributed by atoms with Crippen LogP contribution >= 0.6 is 22.6 Å². The minimum Gasteiger partial charge on any atom is -0.366 e. The number of rotatable bonds is 1. The second kappa shape index (κ2) is 3.01. The van der Waals surface area contributed by atoms with Gasteiger partial charge in [-0.15, -0.1) is 0 Å². The molecule has 0 atom stereocenters. The highest BCUT2D eigenvalue weighted by molar-refractivity contribution is 14.1. The highest BCUT2D eigenvalue weighted by Gasteiger charge is 1.96. The molecular weight excluding hydrogens is 238 g/mol. The molecule has 10 heavy (non-hydrogen) atoms. The first-order valence-electron chi connectivity index (χ1n) is 2.75. The molecule has 0 aliphatic rings. The van der Waals surface area contributed by atoms with Crippen molar-refractivity contribution in [1.82, 2.24) is 0 Å². The summed E-state index contributed by atoms with van der Waals surface area (Å²) in [4.78, 5) is 10.5. The van der Waals surface area contributed by atoms with E-state index in [-0.39, 0.29) is 5.91 Å². The fourth-order valence-corrected chi connectivity index (χ4v) is 0.974. The van der Waals surface area contributed by atoms with E-state index < -0.39 is 0 Å². The molecule has 0 radical (unpaired) electrons. The average molecular weight is 244 g/mol. The molecule has 52 valence electrons. The van der Waals surface area contributed by atoms with Gasteiger partial charge >= 0.3 is 0 Å². The van der Waals surface area contributed by atoms with E-state index in [1.165, 1.54) is 0 Å². The highest BCUT2D eigenvalue weighted by atomic mass is 124. The third kappa shape index (κ3) is 1.70. The molecule has 2 N–H and O–H groups in total. The van der Waals surface area contributed by atoms with Crippen molar-refractivity contribution in [3.8, 4) is 0 Å². The van der Waals surface area contributed by atoms with Gasteiger partial charge in [0.2, 0.25) is 5.91 Å². The van der Waals surface area contributed by atoms with Crippen LogP contribution in [0, 0.1) is 3.57 Å². The van der Waals surface area contributed by atoms with Crippen LogP contribution in [0.3, 0.4) is 0 Å². The van der Waals surface area contributed by atoms with Crippen molar-refractivity contribution < 1.29 is 4.79 Å². The zero-order valence-electron chi connectivity index (χ0n) is 5.17. The van der Waals surface area contributed by atoms with E-state index in [2.05, 4.69) is 22.6 Å². The molecule has 3 heteroatoms. The number of halogens is 1. The molecule has 0 bridgehead atoms. The monoisotopic (exact) mass is 244 g/mol. The maximum atomic E-state index is 10.5. The molecular formula is C7H6INO. The predicted octanol–water partition coefficient (Wildman–Crippen LogP) is 1.39. The third-order valence-corrected chi connectivity index (χ3v) is 1.85. The quantitative estimate of drug-likeness (QED) is 0.745. The van der Waals surface area contributed by atoms with Crippen molar-refractivity contribution >= 4 is 28.5 Å². The van der Waals surface area contributed by atoms with E-state index in [4.69, 9.17) is 5.73 Å². The molecule has 0 spiro atoms. The van der Waals surface area contributed by atoms with Gasteiger partial charge in [0.25, 0.3) is 0 Å². The summed E-state index contributed by atoms with van der Waals surface area (Å²) in [5.74, 6) is -0.378. The van der Waals surface area contributed by atoms with Crippen LogP contribution in [0.15, 0.2) is 24.3 Å². The standard InChI is InChI=1S/C7H6INO/c8-6-3-1-5(2-4-6)7(9)10/h1-4H,(H2,9,10)/i8-3. The largest absolute Gasteiger partial charge is 0.366 e. The van der Waals surface area contributed by atoms with Crippen LogP contribution in [0.4, 0.5) is 0 Å². The Morgan fingerprint density at radius 1 is 1.30 bits per heavy atom. The number of nitrogens with two attached hydrogens (primary N) is 1. The molecule has 0 unspecified atom stereocenters. The zero-order chi connectivity index (χ0) is 7.56. The van der Waals surface area contributed by atoms with Gasteiger partial charge < -0.3 is 5.73 Å². The Morgan fingerprint density at radius 2 is 1.80 bits per heavy atom. The molecule has 1 aromatic carbocycles. The summed E-state index contributed by atoms with van der Waals surface area (Å²) in [7, 11) is 0. The number of benzene rings is 1. The smallest absolute Gasteiger partial charge is 0.248 e. The van der Waals surface area contributed by atoms with Crippen molar-refractivity contribution in [1.29, 1.82) is 0 Å². The Labute approximate surface area is 72.6 Å². The lowest BCUT2D eigenvalue weighted by Gasteiger charge is -1.92. The molecule has 1 amide bonds. The molecule has 1 aromatic rings. The SMILES string of the molecule is NC(=O)c1ccc([124I])cc1. The normalized spacial score (nSPS) is 9.30. The summed E-state index contributed by atoms with van der Waals surface area (Å²) < 4.78 is 1.10. The molecule has 0 fully saturated rings. The molecule has 0 saturated heterocycles. The van der Waals surface area contributed by atoms with Gasteiger partial charge in [-0.25, -0.2) is 0 Å². The van der Waals surface area contributed by atoms with Crippen molar-refractivity contribution in [2.24, 2.45) is 5.73 Å². The fraction of sp³-hybridized carbons (Fsp3) is 0. The van der Waals surface area contributed by atoms with Crippen LogP contribution in [0.1, 0.15) is 10.4 Å². The van der Waals surface area contributed by atoms with E-state index in [1.54, 1.807) is 12.1 Å². The van der Waals surface area contributed by atoms with Gasteiger partial charge in [0.15, 0.2) is 0 Å². The average Bonchev–Trinajstić information content (AvgIpc) is 1.88. The van der Waals surface area contributed by atoms with Crippen molar-refractivity contribution in [3.05, 3.63) is 33.4 Å². The second-order valence-corrected chi connectivity index (χ2v) is 3.12. The van der Waals surface area contributed by atoms with Gasteiger partial charge in [-0.2, -0.15) is 0 Å². The van der Waals surface area contributed by atoms with Crippen molar-refractivity contribution in [3.63, 3.8) is 0 Å². The molecule has 0 heterocycles. The molecule has 0 aliphatic heterocycles. The van der Waals surface area contributed by atoms with Crippen LogP contribution < -0.4 is 5.73 Å². The van der Waals surface area contributed by atoms with Crippen LogP contribution in [0.5, 0.6) is 0 Å². The predicted molar refractivity (Wildman–Crippen MR) is 47.7 cm³/mol. The highest BCUT2D eigenvalue weighted by Crippen LogP contribution is 2.05. The number of hydrogen-bond acceptors (Lipinski definition) is 1. The number of carbonyl (C=O) groups excluding carboxylic acids is 1. The number of hydrogen-bond donors (Lipinski definition) is 1. The summed E-state index contributed by atoms with van der Waals surface area (Å²) >= 11 is 2.17. The lowest BCUT2D eigenvalue weighted by atomic mass is 10.2. The van der Waals surface area contributed by atoms with Gasteiger partial charge in [-0.05, 0) is 46.9 Å². The Bertz CT molecular complexity index is 242. The van der Waals surface area contributed by atoms with Crippen molar-refractivity contribution in [2.75, 3.05) is 0 Å². The zero-order valence-corrected chi connectivity index (χ0v) is 7.33. The Balaban J connectivity index is 3.00. The van der Waals surface area contributed by atoms with Crippen LogP contribution in [-0.2, 0) is 0 Å². The van der Waals surface area contributed by atoms with E-state index in [0.29, 0.717) is 5.56 Å².